The van der Waals surface area contributed by atoms with Crippen LogP contribution in [0.2, 0.25) is 5.02 Å². The highest BCUT2D eigenvalue weighted by Gasteiger charge is 2.38. The molecule has 0 amide bonds. The molecule has 0 saturated carbocycles. The number of ether oxygens (including phenoxy) is 2. The second-order valence-corrected chi connectivity index (χ2v) is 4.65. The van der Waals surface area contributed by atoms with Crippen molar-refractivity contribution in [3.8, 4) is 0 Å². The van der Waals surface area contributed by atoms with Crippen LogP contribution in [0.15, 0.2) is 11.8 Å². The number of halogens is 4. The quantitative estimate of drug-likeness (QED) is 0.0686. The van der Waals surface area contributed by atoms with Crippen molar-refractivity contribution in [3.05, 3.63) is 50.0 Å². The molecule has 0 aromatic heterocycles. The van der Waals surface area contributed by atoms with Crippen molar-refractivity contribution in [3.63, 3.8) is 0 Å². The highest BCUT2D eigenvalue weighted by atomic mass is 35.5. The van der Waals surface area contributed by atoms with E-state index in [9.17, 15) is 32.9 Å². The number of nitrogens with zero attached hydrogens (tertiary/aromatic N) is 1. The minimum atomic E-state index is -2.14. The highest BCUT2D eigenvalue weighted by Crippen LogP contribution is 2.35. The molecule has 0 aliphatic heterocycles. The Morgan fingerprint density at radius 1 is 1.16 bits per heavy atom. The van der Waals surface area contributed by atoms with E-state index in [4.69, 9.17) is 16.3 Å². The van der Waals surface area contributed by atoms with E-state index in [-0.39, 0.29) is 13.2 Å². The third-order valence-electron chi connectivity index (χ3n) is 2.76. The van der Waals surface area contributed by atoms with Crippen molar-refractivity contribution in [2.75, 3.05) is 13.2 Å². The van der Waals surface area contributed by atoms with Crippen LogP contribution in [0.1, 0.15) is 24.2 Å². The Morgan fingerprint density at radius 3 is 2.24 bits per heavy atom. The lowest BCUT2D eigenvalue weighted by molar-refractivity contribution is -0.388. The first-order chi connectivity index (χ1) is 11.7. The summed E-state index contributed by atoms with van der Waals surface area (Å²) in [5.41, 5.74) is -4.27. The van der Waals surface area contributed by atoms with E-state index in [1.54, 1.807) is 0 Å². The molecule has 0 radical (unpaired) electrons. The second kappa shape index (κ2) is 8.47. The third kappa shape index (κ3) is 4.08. The van der Waals surface area contributed by atoms with Crippen LogP contribution >= 0.6 is 11.6 Å². The molecule has 0 bridgehead atoms. The lowest BCUT2D eigenvalue weighted by Crippen LogP contribution is -2.20. The van der Waals surface area contributed by atoms with E-state index < -0.39 is 56.0 Å². The predicted molar refractivity (Wildman–Crippen MR) is 78.7 cm³/mol. The number of hydrogen-bond acceptors (Lipinski definition) is 6. The Bertz CT molecular complexity index is 766. The summed E-state index contributed by atoms with van der Waals surface area (Å²) in [6, 6.07) is 0. The molecule has 0 heterocycles. The van der Waals surface area contributed by atoms with Crippen molar-refractivity contribution in [1.82, 2.24) is 0 Å². The Morgan fingerprint density at radius 2 is 1.76 bits per heavy atom. The van der Waals surface area contributed by atoms with Gasteiger partial charge in [0.2, 0.25) is 11.6 Å². The number of esters is 1. The monoisotopic (exact) mass is 381 g/mol. The predicted octanol–water partition coefficient (Wildman–Crippen LogP) is 3.33. The maximum Gasteiger partial charge on any atom is 0.345 e. The second-order valence-electron chi connectivity index (χ2n) is 4.27. The maximum absolute atomic E-state index is 14.2. The van der Waals surface area contributed by atoms with Gasteiger partial charge < -0.3 is 9.47 Å². The van der Waals surface area contributed by atoms with E-state index in [1.165, 1.54) is 13.8 Å². The summed E-state index contributed by atoms with van der Waals surface area (Å²) in [6.45, 7) is 2.69. The number of ketones is 1. The molecule has 11 heteroatoms. The largest absolute Gasteiger partial charge is 0.500 e. The van der Waals surface area contributed by atoms with Gasteiger partial charge in [-0.05, 0) is 13.8 Å². The minimum absolute atomic E-state index is 0.0146. The zero-order chi connectivity index (χ0) is 19.3. The highest BCUT2D eigenvalue weighted by molar-refractivity contribution is 6.32. The molecular formula is C14H11ClF3NO6. The van der Waals surface area contributed by atoms with Gasteiger partial charge in [-0.15, -0.1) is 0 Å². The summed E-state index contributed by atoms with van der Waals surface area (Å²) in [5.74, 6) is -9.00. The first-order valence-corrected chi connectivity index (χ1v) is 7.10. The summed E-state index contributed by atoms with van der Waals surface area (Å²) >= 11 is 5.23. The van der Waals surface area contributed by atoms with Gasteiger partial charge in [0.15, 0.2) is 11.6 Å². The molecule has 0 aliphatic rings. The van der Waals surface area contributed by atoms with Crippen LogP contribution in [0.3, 0.4) is 0 Å². The van der Waals surface area contributed by atoms with Gasteiger partial charge in [0, 0.05) is 0 Å². The number of carbonyl (C=O) groups excluding carboxylic acids is 2. The Labute approximate surface area is 144 Å². The molecule has 0 spiro atoms. The van der Waals surface area contributed by atoms with Gasteiger partial charge in [-0.2, -0.15) is 4.39 Å². The molecule has 25 heavy (non-hydrogen) atoms. The van der Waals surface area contributed by atoms with Crippen molar-refractivity contribution >= 4 is 29.0 Å². The number of nitro benzene ring substituents is 1. The fourth-order valence-electron chi connectivity index (χ4n) is 1.70. The van der Waals surface area contributed by atoms with Gasteiger partial charge in [0.25, 0.3) is 0 Å². The molecule has 1 aromatic carbocycles. The Kier molecular flexibility index (Phi) is 6.92. The molecule has 136 valence electrons. The number of Topliss-reactive ketones (excluding diaryl/α,β-unsaturated/α-hetero) is 1. The summed E-state index contributed by atoms with van der Waals surface area (Å²) in [6.07, 6.45) is 0.582. The molecule has 0 unspecified atom stereocenters. The molecule has 0 N–H and O–H groups in total. The van der Waals surface area contributed by atoms with Crippen LogP contribution in [0, 0.1) is 27.6 Å². The van der Waals surface area contributed by atoms with Gasteiger partial charge in [0.05, 0.1) is 18.1 Å². The maximum atomic E-state index is 14.2. The van der Waals surface area contributed by atoms with Gasteiger partial charge in [-0.1, -0.05) is 11.6 Å². The van der Waals surface area contributed by atoms with Gasteiger partial charge in [0.1, 0.15) is 22.4 Å². The molecule has 0 saturated heterocycles. The zero-order valence-electron chi connectivity index (χ0n) is 12.9. The molecule has 7 nitrogen and oxygen atoms in total. The standard InChI is InChI=1S/C14H11ClF3NO6/c1-3-24-5-6(14(21)25-4-2)13(20)7-9(16)8(15)10(17)11(18)12(7)19(22)23/h5H,3-4H2,1-2H3. The Hall–Kier alpha value is -2.62. The smallest absolute Gasteiger partial charge is 0.345 e. The summed E-state index contributed by atoms with van der Waals surface area (Å²) in [7, 11) is 0. The van der Waals surface area contributed by atoms with Crippen molar-refractivity contribution in [1.29, 1.82) is 0 Å². The average molecular weight is 382 g/mol. The number of benzene rings is 1. The summed E-state index contributed by atoms with van der Waals surface area (Å²) in [4.78, 5) is 33.7. The van der Waals surface area contributed by atoms with E-state index in [2.05, 4.69) is 4.74 Å². The van der Waals surface area contributed by atoms with E-state index in [0.29, 0.717) is 6.26 Å². The van der Waals surface area contributed by atoms with Crippen LogP contribution < -0.4 is 0 Å². The number of carbonyl (C=O) groups is 2. The SMILES string of the molecule is CCOC=C(C(=O)OCC)C(=O)c1c(F)c(Cl)c(F)c(F)c1[N+](=O)[O-]. The molecule has 0 fully saturated rings. The molecule has 0 aliphatic carbocycles. The first kappa shape index (κ1) is 20.4. The molecule has 0 atom stereocenters. The normalized spacial score (nSPS) is 11.2. The topological polar surface area (TPSA) is 95.7 Å². The lowest BCUT2D eigenvalue weighted by atomic mass is 10.0. The van der Waals surface area contributed by atoms with Crippen LogP contribution in [0.4, 0.5) is 18.9 Å². The van der Waals surface area contributed by atoms with Crippen molar-refractivity contribution in [2.24, 2.45) is 0 Å². The summed E-state index contributed by atoms with van der Waals surface area (Å²) in [5, 5.41) is 9.50. The van der Waals surface area contributed by atoms with Gasteiger partial charge in [-0.3, -0.25) is 14.9 Å². The van der Waals surface area contributed by atoms with Crippen molar-refractivity contribution in [2.45, 2.75) is 13.8 Å². The van der Waals surface area contributed by atoms with E-state index in [1.807, 2.05) is 0 Å². The minimum Gasteiger partial charge on any atom is -0.500 e. The number of hydrogen-bond donors (Lipinski definition) is 0. The van der Waals surface area contributed by atoms with Gasteiger partial charge in [-0.25, -0.2) is 13.6 Å². The lowest BCUT2D eigenvalue weighted by Gasteiger charge is -2.10. The van der Waals surface area contributed by atoms with Crippen LogP contribution in [-0.2, 0) is 14.3 Å². The molecular weight excluding hydrogens is 371 g/mol. The fourth-order valence-corrected chi connectivity index (χ4v) is 1.88. The number of nitro groups is 1. The fraction of sp³-hybridized carbons (Fsp3) is 0.286. The van der Waals surface area contributed by atoms with E-state index in [0.717, 1.165) is 0 Å². The summed E-state index contributed by atoms with van der Waals surface area (Å²) < 4.78 is 50.7. The number of rotatable bonds is 7. The molecule has 1 aromatic rings. The van der Waals surface area contributed by atoms with Crippen molar-refractivity contribution < 1.29 is 37.2 Å². The zero-order valence-corrected chi connectivity index (χ0v) is 13.7. The van der Waals surface area contributed by atoms with E-state index >= 15 is 0 Å². The van der Waals surface area contributed by atoms with Crippen LogP contribution in [0.5, 0.6) is 0 Å². The van der Waals surface area contributed by atoms with Gasteiger partial charge >= 0.3 is 11.7 Å². The van der Waals surface area contributed by atoms with Crippen LogP contribution in [0.25, 0.3) is 0 Å². The third-order valence-corrected chi connectivity index (χ3v) is 3.09. The van der Waals surface area contributed by atoms with Crippen LogP contribution in [-0.4, -0.2) is 29.9 Å². The Balaban J connectivity index is 3.69. The molecule has 1 rings (SSSR count). The first-order valence-electron chi connectivity index (χ1n) is 6.72. The average Bonchev–Trinajstić information content (AvgIpc) is 2.55.